The van der Waals surface area contributed by atoms with E-state index in [2.05, 4.69) is 11.4 Å². The number of amides is 1. The molecule has 0 aromatic heterocycles. The number of hydrogen-bond acceptors (Lipinski definition) is 2. The monoisotopic (exact) mass is 244 g/mol. The second-order valence-electron chi connectivity index (χ2n) is 4.34. The summed E-state index contributed by atoms with van der Waals surface area (Å²) >= 11 is 0. The Morgan fingerprint density at radius 1 is 1.06 bits per heavy atom. The Morgan fingerprint density at radius 2 is 1.72 bits per heavy atom. The van der Waals surface area contributed by atoms with Crippen molar-refractivity contribution < 1.29 is 4.79 Å². The molecule has 0 saturated carbocycles. The van der Waals surface area contributed by atoms with Crippen molar-refractivity contribution in [3.05, 3.63) is 30.3 Å². The van der Waals surface area contributed by atoms with Crippen LogP contribution < -0.4 is 5.32 Å². The first-order valence-corrected chi connectivity index (χ1v) is 6.55. The highest BCUT2D eigenvalue weighted by Crippen LogP contribution is 2.09. The van der Waals surface area contributed by atoms with Gasteiger partial charge in [-0.2, -0.15) is 5.26 Å². The number of nitrogens with one attached hydrogen (secondary N) is 1. The Morgan fingerprint density at radius 3 is 2.44 bits per heavy atom. The number of hydrogen-bond donors (Lipinski definition) is 1. The molecule has 1 aromatic carbocycles. The summed E-state index contributed by atoms with van der Waals surface area (Å²) in [5.41, 5.74) is 0.858. The quantitative estimate of drug-likeness (QED) is 0.705. The molecule has 1 rings (SSSR count). The van der Waals surface area contributed by atoms with Gasteiger partial charge in [-0.15, -0.1) is 0 Å². The van der Waals surface area contributed by atoms with E-state index in [1.807, 2.05) is 30.3 Å². The number of unbranched alkanes of at least 4 members (excludes halogenated alkanes) is 5. The van der Waals surface area contributed by atoms with E-state index in [1.54, 1.807) is 0 Å². The molecule has 1 aromatic rings. The smallest absolute Gasteiger partial charge is 0.224 e. The molecule has 0 aliphatic carbocycles. The van der Waals surface area contributed by atoms with Crippen LogP contribution in [0.2, 0.25) is 0 Å². The zero-order chi connectivity index (χ0) is 13.1. The van der Waals surface area contributed by atoms with Gasteiger partial charge in [0.25, 0.3) is 0 Å². The van der Waals surface area contributed by atoms with Crippen molar-refractivity contribution >= 4 is 11.6 Å². The van der Waals surface area contributed by atoms with Crippen molar-refractivity contribution in [2.75, 3.05) is 5.32 Å². The maximum Gasteiger partial charge on any atom is 0.224 e. The fourth-order valence-corrected chi connectivity index (χ4v) is 1.76. The van der Waals surface area contributed by atoms with Gasteiger partial charge in [0.05, 0.1) is 6.07 Å². The average Bonchev–Trinajstić information content (AvgIpc) is 2.39. The summed E-state index contributed by atoms with van der Waals surface area (Å²) in [4.78, 5) is 11.6. The standard InChI is InChI=1S/C15H20N2O/c16-13-9-4-2-1-3-8-12-15(18)17-14-10-6-5-7-11-14/h5-7,10-11H,1-4,8-9,12H2,(H,17,18). The van der Waals surface area contributed by atoms with E-state index in [1.165, 1.54) is 0 Å². The zero-order valence-electron chi connectivity index (χ0n) is 10.7. The molecule has 1 amide bonds. The van der Waals surface area contributed by atoms with E-state index in [0.29, 0.717) is 12.8 Å². The third-order valence-electron chi connectivity index (χ3n) is 2.75. The second-order valence-corrected chi connectivity index (χ2v) is 4.34. The Bertz CT molecular complexity index is 381. The fraction of sp³-hybridized carbons (Fsp3) is 0.467. The molecule has 0 bridgehead atoms. The Balaban J connectivity index is 2.02. The van der Waals surface area contributed by atoms with Gasteiger partial charge in [-0.05, 0) is 25.0 Å². The van der Waals surface area contributed by atoms with Crippen molar-refractivity contribution in [3.8, 4) is 6.07 Å². The Hall–Kier alpha value is -1.82. The molecule has 0 spiro atoms. The van der Waals surface area contributed by atoms with Gasteiger partial charge in [0.15, 0.2) is 0 Å². The van der Waals surface area contributed by atoms with Crippen molar-refractivity contribution in [1.82, 2.24) is 0 Å². The molecule has 0 aliphatic heterocycles. The molecule has 0 aliphatic rings. The Kier molecular flexibility index (Phi) is 7.31. The van der Waals surface area contributed by atoms with Gasteiger partial charge in [0, 0.05) is 18.5 Å². The van der Waals surface area contributed by atoms with Gasteiger partial charge < -0.3 is 5.32 Å². The first-order chi connectivity index (χ1) is 8.83. The van der Waals surface area contributed by atoms with E-state index >= 15 is 0 Å². The largest absolute Gasteiger partial charge is 0.326 e. The topological polar surface area (TPSA) is 52.9 Å². The molecule has 0 fully saturated rings. The minimum absolute atomic E-state index is 0.0817. The third kappa shape index (κ3) is 6.70. The van der Waals surface area contributed by atoms with Crippen LogP contribution in [0.15, 0.2) is 30.3 Å². The van der Waals surface area contributed by atoms with E-state index < -0.39 is 0 Å². The Labute approximate surface area is 109 Å². The van der Waals surface area contributed by atoms with Crippen LogP contribution in [0.4, 0.5) is 5.69 Å². The predicted octanol–water partition coefficient (Wildman–Crippen LogP) is 3.88. The van der Waals surface area contributed by atoms with Crippen LogP contribution in [0.3, 0.4) is 0 Å². The van der Waals surface area contributed by atoms with Gasteiger partial charge in [-0.1, -0.05) is 37.5 Å². The zero-order valence-corrected chi connectivity index (χ0v) is 10.7. The third-order valence-corrected chi connectivity index (χ3v) is 2.75. The lowest BCUT2D eigenvalue weighted by molar-refractivity contribution is -0.116. The summed E-state index contributed by atoms with van der Waals surface area (Å²) in [6.45, 7) is 0. The lowest BCUT2D eigenvalue weighted by Crippen LogP contribution is -2.10. The SMILES string of the molecule is N#CCCCCCCCC(=O)Nc1ccccc1. The lowest BCUT2D eigenvalue weighted by atomic mass is 10.1. The van der Waals surface area contributed by atoms with Gasteiger partial charge in [0.1, 0.15) is 0 Å². The minimum atomic E-state index is 0.0817. The summed E-state index contributed by atoms with van der Waals surface area (Å²) in [5.74, 6) is 0.0817. The molecule has 0 unspecified atom stereocenters. The molecule has 0 saturated heterocycles. The molecule has 3 nitrogen and oxygen atoms in total. The predicted molar refractivity (Wildman–Crippen MR) is 73.0 cm³/mol. The number of benzene rings is 1. The van der Waals surface area contributed by atoms with Gasteiger partial charge in [-0.3, -0.25) is 4.79 Å². The summed E-state index contributed by atoms with van der Waals surface area (Å²) in [6, 6.07) is 11.7. The molecule has 3 heteroatoms. The van der Waals surface area contributed by atoms with Crippen LogP contribution in [0.25, 0.3) is 0 Å². The summed E-state index contributed by atoms with van der Waals surface area (Å²) < 4.78 is 0. The minimum Gasteiger partial charge on any atom is -0.326 e. The highest BCUT2D eigenvalue weighted by Gasteiger charge is 2.01. The highest BCUT2D eigenvalue weighted by molar-refractivity contribution is 5.90. The van der Waals surface area contributed by atoms with Crippen molar-refractivity contribution in [1.29, 1.82) is 5.26 Å². The number of carbonyl (C=O) groups is 1. The normalized spacial score (nSPS) is 9.72. The maximum absolute atomic E-state index is 11.6. The van der Waals surface area contributed by atoms with Crippen LogP contribution in [0, 0.1) is 11.3 Å². The van der Waals surface area contributed by atoms with Gasteiger partial charge in [-0.25, -0.2) is 0 Å². The number of rotatable bonds is 8. The first kappa shape index (κ1) is 14.2. The van der Waals surface area contributed by atoms with Gasteiger partial charge >= 0.3 is 0 Å². The molecule has 1 N–H and O–H groups in total. The first-order valence-electron chi connectivity index (χ1n) is 6.55. The molecular weight excluding hydrogens is 224 g/mol. The van der Waals surface area contributed by atoms with Crippen LogP contribution in [0.1, 0.15) is 44.9 Å². The number of nitrogens with zero attached hydrogens (tertiary/aromatic N) is 1. The van der Waals surface area contributed by atoms with E-state index in [-0.39, 0.29) is 5.91 Å². The fourth-order valence-electron chi connectivity index (χ4n) is 1.76. The maximum atomic E-state index is 11.6. The molecule has 0 heterocycles. The second kappa shape index (κ2) is 9.23. The van der Waals surface area contributed by atoms with Crippen LogP contribution in [-0.4, -0.2) is 5.91 Å². The van der Waals surface area contributed by atoms with Gasteiger partial charge in [0.2, 0.25) is 5.91 Å². The number of nitriles is 1. The molecule has 96 valence electrons. The van der Waals surface area contributed by atoms with E-state index in [4.69, 9.17) is 5.26 Å². The summed E-state index contributed by atoms with van der Waals surface area (Å²) in [6.07, 6.45) is 6.39. The molecule has 18 heavy (non-hydrogen) atoms. The van der Waals surface area contributed by atoms with Crippen molar-refractivity contribution in [2.24, 2.45) is 0 Å². The molecular formula is C15H20N2O. The summed E-state index contributed by atoms with van der Waals surface area (Å²) in [5, 5.41) is 11.3. The number of carbonyl (C=O) groups excluding carboxylic acids is 1. The van der Waals surface area contributed by atoms with Crippen molar-refractivity contribution in [3.63, 3.8) is 0 Å². The highest BCUT2D eigenvalue weighted by atomic mass is 16.1. The number of para-hydroxylation sites is 1. The average molecular weight is 244 g/mol. The van der Waals surface area contributed by atoms with Crippen molar-refractivity contribution in [2.45, 2.75) is 44.9 Å². The van der Waals surface area contributed by atoms with Crippen LogP contribution >= 0.6 is 0 Å². The summed E-state index contributed by atoms with van der Waals surface area (Å²) in [7, 11) is 0. The van der Waals surface area contributed by atoms with E-state index in [0.717, 1.165) is 37.8 Å². The lowest BCUT2D eigenvalue weighted by Gasteiger charge is -2.04. The molecule has 0 radical (unpaired) electrons. The van der Waals surface area contributed by atoms with Crippen LogP contribution in [0.5, 0.6) is 0 Å². The van der Waals surface area contributed by atoms with Crippen LogP contribution in [-0.2, 0) is 4.79 Å². The van der Waals surface area contributed by atoms with E-state index in [9.17, 15) is 4.79 Å². The molecule has 0 atom stereocenters. The number of anilines is 1.